The van der Waals surface area contributed by atoms with Gasteiger partial charge in [-0.2, -0.15) is 0 Å². The van der Waals surface area contributed by atoms with Gasteiger partial charge in [0.1, 0.15) is 34.7 Å². The average Bonchev–Trinajstić information content (AvgIpc) is 4.13. The van der Waals surface area contributed by atoms with Crippen molar-refractivity contribution in [3.63, 3.8) is 0 Å². The van der Waals surface area contributed by atoms with Crippen LogP contribution in [-0.2, 0) is 37.1 Å². The number of nitrogens with zero attached hydrogens (tertiary/aromatic N) is 7. The Kier molecular flexibility index (Phi) is 17.2. The van der Waals surface area contributed by atoms with Crippen molar-refractivity contribution >= 4 is 69.8 Å². The van der Waals surface area contributed by atoms with Crippen LogP contribution in [0.15, 0.2) is 58.0 Å². The molecule has 0 radical (unpaired) electrons. The standard InChI is InChI=1S/C55H73ClN10O8S2/c1-32-47(75-31-60-32)36-10-11-37(26-59-51(70)42-25-38(69)28-66(42)53(72)49(54(4,5)6)61-34(3)68)43(24-36)74-39-14-20-65(21-15-39)52(71)35-12-18-63(19-13-35)41-8-7-9-44(46(41)56)76-45-27-58-50(40(29-67)62-45)64-22-16-55(17-23-64)30-73-33(2)48(55)57/h7-11,24,27,31,33,35,38-39,42,48-49,67,69H,12-23,25-26,28-30,57H2,1-6H3,(H,59,70)(H,61,68)/t33-,38+,42-,48+,49+/m0/s1. The smallest absolute Gasteiger partial charge is 0.246 e. The first-order valence-corrected chi connectivity index (χ1v) is 28.7. The minimum absolute atomic E-state index is 0.00948. The van der Waals surface area contributed by atoms with Crippen molar-refractivity contribution in [1.82, 2.24) is 35.4 Å². The molecule has 0 saturated carbocycles. The summed E-state index contributed by atoms with van der Waals surface area (Å²) in [5.74, 6) is 0.177. The molecule has 21 heteroatoms. The number of carbonyl (C=O) groups is 4. The lowest BCUT2D eigenvalue weighted by Gasteiger charge is -2.41. The predicted molar refractivity (Wildman–Crippen MR) is 293 cm³/mol. The fraction of sp³-hybridized carbons (Fsp3) is 0.582. The number of aliphatic hydroxyl groups excluding tert-OH is 2. The maximum absolute atomic E-state index is 14.1. The number of rotatable bonds is 14. The van der Waals surface area contributed by atoms with E-state index in [9.17, 15) is 29.4 Å². The second-order valence-electron chi connectivity index (χ2n) is 22.3. The molecular formula is C55H73ClN10O8S2. The number of nitrogens with two attached hydrogens (primary N) is 1. The SMILES string of the molecule is CC(=O)N[C@H](C(=O)N1C[C@H](O)C[C@H]1C(=O)NCc1ccc(-c2scnc2C)cc1OC1CCN(C(=O)C2CCN(c3cccc(Sc4cnc(N5CCC6(CC5)CO[C@@H](C)[C@H]6N)c(CO)n4)c3Cl)CC2)CC1)C(C)(C)C. The molecule has 4 amide bonds. The number of piperidine rings is 3. The van der Waals surface area contributed by atoms with Crippen molar-refractivity contribution < 1.29 is 38.9 Å². The van der Waals surface area contributed by atoms with E-state index in [0.29, 0.717) is 85.8 Å². The number of aryl methyl sites for hydroxylation is 1. The molecule has 76 heavy (non-hydrogen) atoms. The number of likely N-dealkylation sites (tertiary alicyclic amines) is 2. The summed E-state index contributed by atoms with van der Waals surface area (Å²) in [6.45, 7) is 15.4. The maximum atomic E-state index is 14.1. The molecule has 5 saturated heterocycles. The van der Waals surface area contributed by atoms with Crippen molar-refractivity contribution in [3.8, 4) is 16.2 Å². The second-order valence-corrected chi connectivity index (χ2v) is 24.6. The molecule has 410 valence electrons. The van der Waals surface area contributed by atoms with Crippen LogP contribution in [0.2, 0.25) is 5.02 Å². The average molecular weight is 1100 g/mol. The van der Waals surface area contributed by atoms with Crippen molar-refractivity contribution in [3.05, 3.63) is 70.1 Å². The van der Waals surface area contributed by atoms with E-state index in [1.165, 1.54) is 34.9 Å². The number of nitrogens with one attached hydrogen (secondary N) is 2. The molecule has 5 fully saturated rings. The molecule has 2 aromatic carbocycles. The van der Waals surface area contributed by atoms with Crippen LogP contribution in [0, 0.1) is 23.7 Å². The van der Waals surface area contributed by atoms with Crippen molar-refractivity contribution in [2.45, 2.75) is 146 Å². The zero-order valence-corrected chi connectivity index (χ0v) is 46.8. The van der Waals surface area contributed by atoms with E-state index in [1.807, 2.05) is 81.4 Å². The van der Waals surface area contributed by atoms with Crippen LogP contribution in [-0.4, -0.2) is 147 Å². The van der Waals surface area contributed by atoms with Gasteiger partial charge in [0, 0.05) is 106 Å². The number of benzene rings is 2. The Hall–Kier alpha value is -5.09. The van der Waals surface area contributed by atoms with Gasteiger partial charge in [-0.1, -0.05) is 62.3 Å². The molecule has 0 bridgehead atoms. The Morgan fingerprint density at radius 2 is 1.76 bits per heavy atom. The molecule has 5 aliphatic heterocycles. The Labute approximate surface area is 458 Å². The van der Waals surface area contributed by atoms with E-state index in [1.54, 1.807) is 6.20 Å². The van der Waals surface area contributed by atoms with Gasteiger partial charge in [0.05, 0.1) is 58.4 Å². The van der Waals surface area contributed by atoms with Crippen LogP contribution in [0.1, 0.15) is 96.5 Å². The summed E-state index contributed by atoms with van der Waals surface area (Å²) < 4.78 is 12.7. The van der Waals surface area contributed by atoms with Gasteiger partial charge in [0.25, 0.3) is 0 Å². The zero-order chi connectivity index (χ0) is 54.1. The van der Waals surface area contributed by atoms with Crippen molar-refractivity contribution in [1.29, 1.82) is 0 Å². The van der Waals surface area contributed by atoms with Gasteiger partial charge in [-0.05, 0) is 68.7 Å². The Morgan fingerprint density at radius 1 is 1.03 bits per heavy atom. The highest BCUT2D eigenvalue weighted by Gasteiger charge is 2.48. The highest BCUT2D eigenvalue weighted by Crippen LogP contribution is 2.44. The first-order chi connectivity index (χ1) is 36.3. The zero-order valence-electron chi connectivity index (χ0n) is 44.4. The van der Waals surface area contributed by atoms with Crippen LogP contribution in [0.5, 0.6) is 5.75 Å². The van der Waals surface area contributed by atoms with E-state index < -0.39 is 35.4 Å². The lowest BCUT2D eigenvalue weighted by atomic mass is 9.73. The molecule has 2 aromatic heterocycles. The molecule has 5 aliphatic rings. The van der Waals surface area contributed by atoms with Gasteiger partial charge in [0.15, 0.2) is 5.82 Å². The number of hydrogen-bond acceptors (Lipinski definition) is 16. The Morgan fingerprint density at radius 3 is 2.41 bits per heavy atom. The fourth-order valence-corrected chi connectivity index (χ4v) is 13.5. The van der Waals surface area contributed by atoms with Crippen LogP contribution in [0.3, 0.4) is 0 Å². The summed E-state index contributed by atoms with van der Waals surface area (Å²) in [6, 6.07) is 10.1. The molecular weight excluding hydrogens is 1030 g/mol. The summed E-state index contributed by atoms with van der Waals surface area (Å²) >= 11 is 10.1. The number of halogens is 1. The highest BCUT2D eigenvalue weighted by molar-refractivity contribution is 7.99. The number of β-amino-alcohol motifs (C(OH)–C–C–N with tert-alkyl or cyclic N) is 1. The van der Waals surface area contributed by atoms with E-state index in [-0.39, 0.29) is 67.5 Å². The lowest BCUT2D eigenvalue weighted by molar-refractivity contribution is -0.143. The normalized spacial score (nSPS) is 22.8. The maximum Gasteiger partial charge on any atom is 0.246 e. The van der Waals surface area contributed by atoms with Crippen LogP contribution >= 0.6 is 34.7 Å². The second kappa shape index (κ2) is 23.5. The molecule has 1 spiro atoms. The fourth-order valence-electron chi connectivity index (χ4n) is 11.5. The Balaban J connectivity index is 0.785. The molecule has 5 atom stereocenters. The van der Waals surface area contributed by atoms with Crippen molar-refractivity contribution in [2.24, 2.45) is 22.5 Å². The summed E-state index contributed by atoms with van der Waals surface area (Å²) in [5, 5.41) is 28.1. The highest BCUT2D eigenvalue weighted by atomic mass is 35.5. The molecule has 6 N–H and O–H groups in total. The lowest BCUT2D eigenvalue weighted by Crippen LogP contribution is -2.57. The molecule has 18 nitrogen and oxygen atoms in total. The summed E-state index contributed by atoms with van der Waals surface area (Å²) in [7, 11) is 0. The third-order valence-corrected chi connectivity index (χ3v) is 18.6. The van der Waals surface area contributed by atoms with Crippen LogP contribution in [0.4, 0.5) is 11.5 Å². The number of aromatic nitrogens is 3. The number of anilines is 2. The Bertz CT molecular complexity index is 2750. The van der Waals surface area contributed by atoms with Crippen LogP contribution in [0.25, 0.3) is 10.4 Å². The van der Waals surface area contributed by atoms with E-state index in [4.69, 9.17) is 36.8 Å². The number of hydrogen-bond donors (Lipinski definition) is 5. The van der Waals surface area contributed by atoms with Gasteiger partial charge in [-0.3, -0.25) is 19.2 Å². The molecule has 7 heterocycles. The first-order valence-electron chi connectivity index (χ1n) is 26.6. The summed E-state index contributed by atoms with van der Waals surface area (Å²) in [4.78, 5) is 77.6. The number of carbonyl (C=O) groups excluding carboxylic acids is 4. The predicted octanol–water partition coefficient (Wildman–Crippen LogP) is 5.95. The minimum atomic E-state index is -0.920. The van der Waals surface area contributed by atoms with Gasteiger partial charge in [-0.15, -0.1) is 11.3 Å². The molecule has 0 unspecified atom stereocenters. The minimum Gasteiger partial charge on any atom is -0.490 e. The number of thiazole rings is 1. The summed E-state index contributed by atoms with van der Waals surface area (Å²) in [6.07, 6.45) is 5.27. The van der Waals surface area contributed by atoms with E-state index in [0.717, 1.165) is 58.2 Å². The number of aliphatic hydroxyl groups is 2. The number of amides is 4. The first kappa shape index (κ1) is 55.7. The van der Waals surface area contributed by atoms with Gasteiger partial charge in [0.2, 0.25) is 23.6 Å². The van der Waals surface area contributed by atoms with Gasteiger partial charge >= 0.3 is 0 Å². The number of ether oxygens (including phenoxy) is 2. The quantitative estimate of drug-likeness (QED) is 0.0983. The third-order valence-electron chi connectivity index (χ3n) is 16.1. The molecule has 4 aromatic rings. The summed E-state index contributed by atoms with van der Waals surface area (Å²) in [5.41, 5.74) is 11.7. The monoisotopic (exact) mass is 1100 g/mol. The van der Waals surface area contributed by atoms with E-state index in [2.05, 4.69) is 25.4 Å². The topological polar surface area (TPSA) is 229 Å². The third kappa shape index (κ3) is 12.1. The largest absolute Gasteiger partial charge is 0.490 e. The molecule has 0 aliphatic carbocycles. The van der Waals surface area contributed by atoms with Crippen LogP contribution < -0.4 is 30.9 Å². The van der Waals surface area contributed by atoms with Gasteiger partial charge < -0.3 is 55.7 Å². The van der Waals surface area contributed by atoms with E-state index >= 15 is 0 Å². The van der Waals surface area contributed by atoms with Gasteiger partial charge in [-0.25, -0.2) is 15.0 Å². The molecule has 9 rings (SSSR count). The van der Waals surface area contributed by atoms with Crippen molar-refractivity contribution in [2.75, 3.05) is 62.2 Å².